The molecule has 0 aromatic heterocycles. The van der Waals surface area contributed by atoms with Gasteiger partial charge in [-0.15, -0.1) is 0 Å². The maximum Gasteiger partial charge on any atom is 0.0816 e. The van der Waals surface area contributed by atoms with Crippen LogP contribution in [-0.4, -0.2) is 29.1 Å². The van der Waals surface area contributed by atoms with Crippen molar-refractivity contribution in [3.05, 3.63) is 33.3 Å². The average molecular weight is 347 g/mol. The first kappa shape index (κ1) is 15.3. The van der Waals surface area contributed by atoms with Gasteiger partial charge in [0.2, 0.25) is 0 Å². The van der Waals surface area contributed by atoms with Crippen molar-refractivity contribution in [3.63, 3.8) is 0 Å². The molecular weight excluding hydrogens is 326 g/mol. The van der Waals surface area contributed by atoms with Crippen LogP contribution in [0.1, 0.15) is 38.4 Å². The van der Waals surface area contributed by atoms with Crippen LogP contribution in [0.5, 0.6) is 0 Å². The van der Waals surface area contributed by atoms with Crippen molar-refractivity contribution in [2.45, 2.75) is 38.8 Å². The van der Waals surface area contributed by atoms with E-state index in [-0.39, 0.29) is 0 Å². The van der Waals surface area contributed by atoms with Crippen LogP contribution >= 0.6 is 27.5 Å². The Morgan fingerprint density at radius 3 is 2.79 bits per heavy atom. The first-order valence-corrected chi connectivity index (χ1v) is 8.01. The molecule has 0 spiro atoms. The molecule has 1 N–H and O–H groups in total. The summed E-state index contributed by atoms with van der Waals surface area (Å²) < 4.78 is 0.940. The van der Waals surface area contributed by atoms with E-state index in [2.05, 4.69) is 34.7 Å². The number of nitrogens with zero attached hydrogens (tertiary/aromatic N) is 1. The third kappa shape index (κ3) is 3.94. The molecule has 0 amide bonds. The summed E-state index contributed by atoms with van der Waals surface area (Å²) in [5.74, 6) is 0.767. The molecule has 1 aliphatic heterocycles. The lowest BCUT2D eigenvalue weighted by Gasteiger charge is -2.23. The molecule has 2 rings (SSSR count). The first-order chi connectivity index (χ1) is 8.97. The molecule has 0 saturated carbocycles. The molecular formula is C15H21BrClNO. The quantitative estimate of drug-likeness (QED) is 0.880. The highest BCUT2D eigenvalue weighted by molar-refractivity contribution is 9.10. The fourth-order valence-electron chi connectivity index (χ4n) is 2.91. The molecule has 1 aromatic rings. The Bertz CT molecular complexity index is 440. The third-order valence-corrected chi connectivity index (χ3v) is 4.74. The van der Waals surface area contributed by atoms with Crippen LogP contribution in [0.15, 0.2) is 22.7 Å². The van der Waals surface area contributed by atoms with E-state index < -0.39 is 6.10 Å². The van der Waals surface area contributed by atoms with Crippen molar-refractivity contribution in [3.8, 4) is 0 Å². The molecule has 106 valence electrons. The largest absolute Gasteiger partial charge is 0.388 e. The van der Waals surface area contributed by atoms with E-state index >= 15 is 0 Å². The predicted molar refractivity (Wildman–Crippen MR) is 83.5 cm³/mol. The summed E-state index contributed by atoms with van der Waals surface area (Å²) in [6.45, 7) is 6.63. The lowest BCUT2D eigenvalue weighted by molar-refractivity contribution is 0.139. The smallest absolute Gasteiger partial charge is 0.0816 e. The normalized spacial score (nSPS) is 25.7. The Labute approximate surface area is 128 Å². The summed E-state index contributed by atoms with van der Waals surface area (Å²) in [7, 11) is 0. The molecule has 0 bridgehead atoms. The lowest BCUT2D eigenvalue weighted by atomic mass is 10.1. The van der Waals surface area contributed by atoms with Gasteiger partial charge in [-0.05, 0) is 43.4 Å². The third-order valence-electron chi connectivity index (χ3n) is 3.92. The summed E-state index contributed by atoms with van der Waals surface area (Å²) in [5.41, 5.74) is 0.824. The highest BCUT2D eigenvalue weighted by Crippen LogP contribution is 2.29. The number of likely N-dealkylation sites (tertiary alicyclic amines) is 1. The predicted octanol–water partition coefficient (Wildman–Crippen LogP) is 4.26. The molecule has 1 fully saturated rings. The maximum atomic E-state index is 10.3. The van der Waals surface area contributed by atoms with Crippen LogP contribution in [0.2, 0.25) is 5.02 Å². The molecule has 2 nitrogen and oxygen atoms in total. The van der Waals surface area contributed by atoms with E-state index in [1.165, 1.54) is 6.42 Å². The Morgan fingerprint density at radius 2 is 2.21 bits per heavy atom. The van der Waals surface area contributed by atoms with E-state index in [1.807, 2.05) is 18.2 Å². The van der Waals surface area contributed by atoms with Gasteiger partial charge in [-0.2, -0.15) is 0 Å². The molecule has 4 heteroatoms. The zero-order chi connectivity index (χ0) is 14.0. The lowest BCUT2D eigenvalue weighted by Crippen LogP contribution is -2.29. The van der Waals surface area contributed by atoms with Gasteiger partial charge in [0.1, 0.15) is 0 Å². The van der Waals surface area contributed by atoms with E-state index in [9.17, 15) is 5.11 Å². The Hall–Kier alpha value is -0.0900. The molecule has 3 unspecified atom stereocenters. The highest BCUT2D eigenvalue weighted by Gasteiger charge is 2.26. The molecule has 1 aliphatic rings. The zero-order valence-electron chi connectivity index (χ0n) is 11.4. The fraction of sp³-hybridized carbons (Fsp3) is 0.600. The van der Waals surface area contributed by atoms with Gasteiger partial charge in [-0.1, -0.05) is 40.5 Å². The van der Waals surface area contributed by atoms with Crippen molar-refractivity contribution in [1.82, 2.24) is 4.90 Å². The number of aliphatic hydroxyl groups excluding tert-OH is 1. The molecule has 1 heterocycles. The van der Waals surface area contributed by atoms with Gasteiger partial charge in [0.05, 0.1) is 6.10 Å². The standard InChI is InChI=1S/C15H21BrClNO/c1-10-7-11(2)18(9-10)6-5-15(19)13-4-3-12(16)8-14(13)17/h3-4,8,10-11,15,19H,5-7,9H2,1-2H3. The number of hydrogen-bond donors (Lipinski definition) is 1. The second-order valence-corrected chi connectivity index (χ2v) is 6.98. The SMILES string of the molecule is CC1CC(C)N(CCC(O)c2ccc(Br)cc2Cl)C1. The van der Waals surface area contributed by atoms with Crippen LogP contribution in [0.3, 0.4) is 0 Å². The maximum absolute atomic E-state index is 10.3. The number of rotatable bonds is 4. The Kier molecular flexibility index (Phi) is 5.29. The van der Waals surface area contributed by atoms with E-state index in [0.29, 0.717) is 11.1 Å². The monoisotopic (exact) mass is 345 g/mol. The van der Waals surface area contributed by atoms with Gasteiger partial charge in [-0.25, -0.2) is 0 Å². The van der Waals surface area contributed by atoms with Crippen LogP contribution in [0.25, 0.3) is 0 Å². The minimum Gasteiger partial charge on any atom is -0.388 e. The van der Waals surface area contributed by atoms with Gasteiger partial charge in [-0.3, -0.25) is 0 Å². The number of benzene rings is 1. The first-order valence-electron chi connectivity index (χ1n) is 6.84. The highest BCUT2D eigenvalue weighted by atomic mass is 79.9. The summed E-state index contributed by atoms with van der Waals surface area (Å²) in [4.78, 5) is 2.46. The molecule has 1 aromatic carbocycles. The second-order valence-electron chi connectivity index (χ2n) is 5.66. The number of halogens is 2. The van der Waals surface area contributed by atoms with Gasteiger partial charge in [0, 0.05) is 28.6 Å². The van der Waals surface area contributed by atoms with E-state index in [4.69, 9.17) is 11.6 Å². The van der Waals surface area contributed by atoms with Crippen molar-refractivity contribution in [2.24, 2.45) is 5.92 Å². The minimum absolute atomic E-state index is 0.483. The fourth-order valence-corrected chi connectivity index (χ4v) is 3.71. The van der Waals surface area contributed by atoms with Gasteiger partial charge in [0.25, 0.3) is 0 Å². The van der Waals surface area contributed by atoms with Gasteiger partial charge < -0.3 is 10.0 Å². The van der Waals surface area contributed by atoms with Crippen LogP contribution < -0.4 is 0 Å². The van der Waals surface area contributed by atoms with Crippen LogP contribution in [0, 0.1) is 5.92 Å². The topological polar surface area (TPSA) is 23.5 Å². The summed E-state index contributed by atoms with van der Waals surface area (Å²) >= 11 is 9.55. The summed E-state index contributed by atoms with van der Waals surface area (Å²) in [6, 6.07) is 6.28. The Morgan fingerprint density at radius 1 is 1.47 bits per heavy atom. The van der Waals surface area contributed by atoms with E-state index in [1.54, 1.807) is 0 Å². The zero-order valence-corrected chi connectivity index (χ0v) is 13.8. The van der Waals surface area contributed by atoms with Crippen molar-refractivity contribution >= 4 is 27.5 Å². The minimum atomic E-state index is -0.483. The summed E-state index contributed by atoms with van der Waals surface area (Å²) in [5, 5.41) is 10.9. The summed E-state index contributed by atoms with van der Waals surface area (Å²) in [6.07, 6.45) is 1.51. The molecule has 3 atom stereocenters. The van der Waals surface area contributed by atoms with E-state index in [0.717, 1.165) is 35.5 Å². The molecule has 1 saturated heterocycles. The van der Waals surface area contributed by atoms with Crippen molar-refractivity contribution in [1.29, 1.82) is 0 Å². The van der Waals surface area contributed by atoms with Crippen molar-refractivity contribution in [2.75, 3.05) is 13.1 Å². The Balaban J connectivity index is 1.92. The molecule has 0 aliphatic carbocycles. The van der Waals surface area contributed by atoms with Crippen LogP contribution in [0.4, 0.5) is 0 Å². The molecule has 19 heavy (non-hydrogen) atoms. The van der Waals surface area contributed by atoms with Gasteiger partial charge >= 0.3 is 0 Å². The average Bonchev–Trinajstić information content (AvgIpc) is 2.65. The molecule has 0 radical (unpaired) electrons. The number of aliphatic hydroxyl groups is 1. The van der Waals surface area contributed by atoms with Crippen molar-refractivity contribution < 1.29 is 5.11 Å². The number of hydrogen-bond acceptors (Lipinski definition) is 2. The van der Waals surface area contributed by atoms with Gasteiger partial charge in [0.15, 0.2) is 0 Å². The second kappa shape index (κ2) is 6.57. The van der Waals surface area contributed by atoms with Crippen LogP contribution in [-0.2, 0) is 0 Å².